The summed E-state index contributed by atoms with van der Waals surface area (Å²) in [7, 11) is 1.84. The molecule has 1 aliphatic rings. The van der Waals surface area contributed by atoms with Gasteiger partial charge in [-0.15, -0.1) is 0 Å². The van der Waals surface area contributed by atoms with E-state index in [0.29, 0.717) is 29.9 Å². The number of nitrogens with zero attached hydrogens (tertiary/aromatic N) is 5. The maximum absolute atomic E-state index is 14.6. The maximum atomic E-state index is 14.6. The molecule has 1 saturated heterocycles. The first-order valence-corrected chi connectivity index (χ1v) is 13.7. The zero-order chi connectivity index (χ0) is 27.7. The number of alkyl halides is 4. The van der Waals surface area contributed by atoms with E-state index in [2.05, 4.69) is 32.6 Å². The number of hydrogen-bond donors (Lipinski definition) is 2. The van der Waals surface area contributed by atoms with Crippen LogP contribution in [-0.2, 0) is 5.54 Å². The Balaban J connectivity index is 1.55. The number of halogens is 4. The van der Waals surface area contributed by atoms with Crippen molar-refractivity contribution in [2.75, 3.05) is 32.0 Å². The molecule has 0 aliphatic carbocycles. The summed E-state index contributed by atoms with van der Waals surface area (Å²) >= 11 is -1.89. The van der Waals surface area contributed by atoms with E-state index in [1.807, 2.05) is 32.7 Å². The Kier molecular flexibility index (Phi) is 8.06. The van der Waals surface area contributed by atoms with E-state index in [1.54, 1.807) is 10.9 Å². The molecule has 4 heterocycles. The predicted octanol–water partition coefficient (Wildman–Crippen LogP) is 2.37. The molecule has 2 atom stereocenters. The summed E-state index contributed by atoms with van der Waals surface area (Å²) in [5.74, 6) is 5.46. The molecule has 13 heteroatoms. The Labute approximate surface area is 224 Å². The number of nitrogens with one attached hydrogen (secondary N) is 2. The summed E-state index contributed by atoms with van der Waals surface area (Å²) in [6.45, 7) is 6.76. The van der Waals surface area contributed by atoms with Crippen LogP contribution in [0.25, 0.3) is 5.52 Å². The van der Waals surface area contributed by atoms with Crippen molar-refractivity contribution in [2.24, 2.45) is 0 Å². The van der Waals surface area contributed by atoms with Gasteiger partial charge in [0, 0.05) is 0 Å². The molecule has 0 spiro atoms. The van der Waals surface area contributed by atoms with Gasteiger partial charge in [0.25, 0.3) is 0 Å². The third-order valence-electron chi connectivity index (χ3n) is 6.02. The molecule has 38 heavy (non-hydrogen) atoms. The Morgan fingerprint density at radius 1 is 1.29 bits per heavy atom. The second-order valence-corrected chi connectivity index (χ2v) is 12.3. The normalized spacial score (nSPS) is 18.7. The van der Waals surface area contributed by atoms with Crippen molar-refractivity contribution in [2.45, 2.75) is 50.0 Å². The third-order valence-corrected chi connectivity index (χ3v) is 7.79. The molecular weight excluding hydrogens is 569 g/mol. The van der Waals surface area contributed by atoms with E-state index < -0.39 is 32.2 Å². The SMILES string of the molecule is CN1CC[C@H](Nc2nccn3c([Se]C(F)(F)F)c(C#CCNC(=O)c4cnn(C(C)(C)C)c4)cc23)[C@H](F)C1. The van der Waals surface area contributed by atoms with Crippen molar-refractivity contribution in [1.82, 2.24) is 29.4 Å². The second-order valence-electron chi connectivity index (χ2n) is 10.1. The average molecular weight is 599 g/mol. The van der Waals surface area contributed by atoms with Gasteiger partial charge in [0.05, 0.1) is 0 Å². The molecule has 3 aromatic heterocycles. The van der Waals surface area contributed by atoms with Crippen molar-refractivity contribution >= 4 is 36.8 Å². The van der Waals surface area contributed by atoms with Crippen LogP contribution in [0.3, 0.4) is 0 Å². The monoisotopic (exact) mass is 599 g/mol. The van der Waals surface area contributed by atoms with Crippen LogP contribution in [0.1, 0.15) is 43.1 Å². The molecule has 0 bridgehead atoms. The average Bonchev–Trinajstić information content (AvgIpc) is 3.44. The van der Waals surface area contributed by atoms with Gasteiger partial charge in [-0.1, -0.05) is 0 Å². The fourth-order valence-electron chi connectivity index (χ4n) is 4.06. The van der Waals surface area contributed by atoms with Gasteiger partial charge in [0.2, 0.25) is 0 Å². The van der Waals surface area contributed by atoms with Crippen LogP contribution in [0.2, 0.25) is 0 Å². The zero-order valence-corrected chi connectivity index (χ0v) is 23.1. The van der Waals surface area contributed by atoms with Crippen molar-refractivity contribution in [3.05, 3.63) is 42.0 Å². The molecule has 3 aromatic rings. The molecule has 0 unspecified atom stereocenters. The van der Waals surface area contributed by atoms with Crippen LogP contribution in [0.5, 0.6) is 0 Å². The number of piperidine rings is 1. The van der Waals surface area contributed by atoms with E-state index >= 15 is 0 Å². The first kappa shape index (κ1) is 28.0. The Bertz CT molecular complexity index is 1370. The quantitative estimate of drug-likeness (QED) is 0.268. The van der Waals surface area contributed by atoms with Crippen LogP contribution < -0.4 is 15.2 Å². The van der Waals surface area contributed by atoms with E-state index in [1.165, 1.54) is 29.1 Å². The van der Waals surface area contributed by atoms with E-state index in [-0.39, 0.29) is 34.7 Å². The van der Waals surface area contributed by atoms with Crippen molar-refractivity contribution in [3.8, 4) is 11.8 Å². The minimum absolute atomic E-state index is 0.0101. The molecule has 4 rings (SSSR count). The zero-order valence-electron chi connectivity index (χ0n) is 21.4. The van der Waals surface area contributed by atoms with E-state index in [9.17, 15) is 22.4 Å². The number of aromatic nitrogens is 4. The Hall–Kier alpha value is -3.07. The summed E-state index contributed by atoms with van der Waals surface area (Å²) in [5, 5.41) is 5.52. The van der Waals surface area contributed by atoms with Gasteiger partial charge in [-0.3, -0.25) is 0 Å². The minimum atomic E-state index is -4.41. The number of likely N-dealkylation sites (tertiary alicyclic amines) is 1. The summed E-state index contributed by atoms with van der Waals surface area (Å²) in [4.78, 5) is 18.6. The Morgan fingerprint density at radius 3 is 2.71 bits per heavy atom. The number of anilines is 1. The predicted molar refractivity (Wildman–Crippen MR) is 137 cm³/mol. The number of carbonyl (C=O) groups is 1. The molecule has 1 aliphatic heterocycles. The van der Waals surface area contributed by atoms with E-state index in [0.717, 1.165) is 0 Å². The summed E-state index contributed by atoms with van der Waals surface area (Å²) in [5.41, 5.74) is 0.656. The van der Waals surface area contributed by atoms with Crippen LogP contribution in [0.4, 0.5) is 23.4 Å². The number of rotatable bonds is 5. The molecule has 2 N–H and O–H groups in total. The van der Waals surface area contributed by atoms with Gasteiger partial charge in [-0.25, -0.2) is 0 Å². The van der Waals surface area contributed by atoms with Gasteiger partial charge in [-0.2, -0.15) is 0 Å². The van der Waals surface area contributed by atoms with Gasteiger partial charge in [-0.05, 0) is 0 Å². The van der Waals surface area contributed by atoms with Crippen LogP contribution in [0, 0.1) is 11.8 Å². The van der Waals surface area contributed by atoms with Gasteiger partial charge in [0.1, 0.15) is 0 Å². The Morgan fingerprint density at radius 2 is 2.05 bits per heavy atom. The summed E-state index contributed by atoms with van der Waals surface area (Å²) in [6.07, 6.45) is 5.32. The standard InChI is InChI=1S/C25H29F4N7OSe/c1-24(2,3)36-14-17(13-32-36)22(37)31-8-5-6-16-12-20-21(33-19-7-10-34(4)15-18(19)26)30-9-11-35(20)23(16)38-25(27,28)29/h9,11-14,18-19H,7-8,10,15H2,1-4H3,(H,30,33)(H,31,37)/t18-,19+/m1/s1. The van der Waals surface area contributed by atoms with Crippen molar-refractivity contribution in [1.29, 1.82) is 0 Å². The summed E-state index contributed by atoms with van der Waals surface area (Å²) < 4.78 is 58.1. The fourth-order valence-corrected chi connectivity index (χ4v) is 5.52. The van der Waals surface area contributed by atoms with Crippen molar-refractivity contribution in [3.63, 3.8) is 0 Å². The van der Waals surface area contributed by atoms with Gasteiger partial charge in [0.15, 0.2) is 0 Å². The van der Waals surface area contributed by atoms with E-state index in [4.69, 9.17) is 0 Å². The molecule has 1 amide bonds. The number of amides is 1. The number of hydrogen-bond acceptors (Lipinski definition) is 5. The second kappa shape index (κ2) is 11.0. The molecule has 8 nitrogen and oxygen atoms in total. The number of carbonyl (C=O) groups excluding carboxylic acids is 1. The van der Waals surface area contributed by atoms with Gasteiger partial charge >= 0.3 is 224 Å². The topological polar surface area (TPSA) is 79.5 Å². The first-order chi connectivity index (χ1) is 17.8. The first-order valence-electron chi connectivity index (χ1n) is 12.0. The molecule has 0 saturated carbocycles. The molecular formula is C25H29F4N7OSe. The van der Waals surface area contributed by atoms with Crippen molar-refractivity contribution < 1.29 is 22.4 Å². The third kappa shape index (κ3) is 6.67. The molecule has 1 fully saturated rings. The fraction of sp³-hybridized carbons (Fsp3) is 0.480. The molecule has 0 radical (unpaired) electrons. The van der Waals surface area contributed by atoms with Crippen LogP contribution in [0.15, 0.2) is 30.9 Å². The molecule has 0 aromatic carbocycles. The summed E-state index contributed by atoms with van der Waals surface area (Å²) in [6, 6.07) is 1.03. The van der Waals surface area contributed by atoms with Gasteiger partial charge < -0.3 is 0 Å². The number of fused-ring (bicyclic) bond motifs is 1. The molecule has 204 valence electrons. The van der Waals surface area contributed by atoms with Crippen LogP contribution >= 0.6 is 0 Å². The van der Waals surface area contributed by atoms with Crippen LogP contribution in [-0.4, -0.2) is 88.9 Å².